The molecule has 0 aromatic carbocycles. The van der Waals surface area contributed by atoms with E-state index in [0.29, 0.717) is 11.0 Å². The Labute approximate surface area is 108 Å². The topological polar surface area (TPSA) is 85.8 Å². The van der Waals surface area contributed by atoms with Crippen LogP contribution in [0.25, 0.3) is 22.2 Å². The number of aromatic carboxylic acids is 1. The van der Waals surface area contributed by atoms with Gasteiger partial charge in [-0.3, -0.25) is 4.68 Å². The molecule has 0 fully saturated rings. The van der Waals surface area contributed by atoms with Crippen molar-refractivity contribution in [1.82, 2.24) is 24.5 Å². The smallest absolute Gasteiger partial charge is 0.357 e. The highest BCUT2D eigenvalue weighted by molar-refractivity contribution is 6.06. The molecule has 0 spiro atoms. The maximum atomic E-state index is 11.3. The number of aryl methyl sites for hydroxylation is 2. The number of carbonyl (C=O) groups is 1. The summed E-state index contributed by atoms with van der Waals surface area (Å²) in [6, 6.07) is 1.77. The first-order chi connectivity index (χ1) is 9.08. The van der Waals surface area contributed by atoms with Crippen LogP contribution in [-0.4, -0.2) is 35.6 Å². The molecule has 3 rings (SSSR count). The Bertz CT molecular complexity index is 787. The number of aromatic nitrogens is 5. The van der Waals surface area contributed by atoms with Crippen LogP contribution < -0.4 is 0 Å². The molecule has 3 aromatic heterocycles. The molecule has 0 amide bonds. The Morgan fingerprint density at radius 3 is 2.79 bits per heavy atom. The van der Waals surface area contributed by atoms with Gasteiger partial charge < -0.3 is 5.11 Å². The molecule has 0 aliphatic rings. The van der Waals surface area contributed by atoms with E-state index < -0.39 is 5.97 Å². The molecule has 0 bridgehead atoms. The van der Waals surface area contributed by atoms with Crippen LogP contribution in [0, 0.1) is 0 Å². The largest absolute Gasteiger partial charge is 0.476 e. The number of hydrogen-bond acceptors (Lipinski definition) is 4. The van der Waals surface area contributed by atoms with Gasteiger partial charge in [-0.2, -0.15) is 10.2 Å². The van der Waals surface area contributed by atoms with Crippen molar-refractivity contribution in [3.8, 4) is 11.1 Å². The van der Waals surface area contributed by atoms with E-state index in [9.17, 15) is 9.90 Å². The lowest BCUT2D eigenvalue weighted by atomic mass is 10.1. The Morgan fingerprint density at radius 1 is 1.37 bits per heavy atom. The van der Waals surface area contributed by atoms with E-state index in [4.69, 9.17) is 0 Å². The standard InChI is InChI=1S/C12H11N5O2/c1-16-6-7(5-14-16)8-3-4-13-11-9(8)10(12(18)19)15-17(11)2/h3-6H,1-2H3,(H,18,19). The van der Waals surface area contributed by atoms with Crippen LogP contribution >= 0.6 is 0 Å². The summed E-state index contributed by atoms with van der Waals surface area (Å²) in [7, 11) is 3.48. The van der Waals surface area contributed by atoms with E-state index in [0.717, 1.165) is 11.1 Å². The summed E-state index contributed by atoms with van der Waals surface area (Å²) in [5.41, 5.74) is 2.15. The van der Waals surface area contributed by atoms with Crippen LogP contribution in [0.3, 0.4) is 0 Å². The normalized spacial score (nSPS) is 11.1. The lowest BCUT2D eigenvalue weighted by Gasteiger charge is -2.00. The van der Waals surface area contributed by atoms with Crippen molar-refractivity contribution < 1.29 is 9.90 Å². The average molecular weight is 257 g/mol. The second-order valence-electron chi connectivity index (χ2n) is 4.24. The first-order valence-electron chi connectivity index (χ1n) is 5.62. The fourth-order valence-electron chi connectivity index (χ4n) is 2.13. The lowest BCUT2D eigenvalue weighted by molar-refractivity contribution is 0.0691. The van der Waals surface area contributed by atoms with Crippen molar-refractivity contribution >= 4 is 17.0 Å². The highest BCUT2D eigenvalue weighted by Gasteiger charge is 2.20. The minimum Gasteiger partial charge on any atom is -0.476 e. The zero-order valence-corrected chi connectivity index (χ0v) is 10.4. The fourth-order valence-corrected chi connectivity index (χ4v) is 2.13. The molecule has 0 saturated carbocycles. The summed E-state index contributed by atoms with van der Waals surface area (Å²) in [4.78, 5) is 15.5. The number of nitrogens with zero attached hydrogens (tertiary/aromatic N) is 5. The van der Waals surface area contributed by atoms with Crippen LogP contribution in [0.15, 0.2) is 24.7 Å². The van der Waals surface area contributed by atoms with Crippen molar-refractivity contribution in [1.29, 1.82) is 0 Å². The quantitative estimate of drug-likeness (QED) is 0.742. The highest BCUT2D eigenvalue weighted by atomic mass is 16.4. The number of carboxylic acids is 1. The average Bonchev–Trinajstić information content (AvgIpc) is 2.94. The van der Waals surface area contributed by atoms with Crippen LogP contribution in [0.5, 0.6) is 0 Å². The van der Waals surface area contributed by atoms with E-state index in [2.05, 4.69) is 15.2 Å². The van der Waals surface area contributed by atoms with Crippen molar-refractivity contribution in [3.05, 3.63) is 30.4 Å². The summed E-state index contributed by atoms with van der Waals surface area (Å²) in [6.07, 6.45) is 5.15. The first-order valence-corrected chi connectivity index (χ1v) is 5.62. The molecule has 0 atom stereocenters. The zero-order chi connectivity index (χ0) is 13.6. The predicted molar refractivity (Wildman–Crippen MR) is 67.7 cm³/mol. The van der Waals surface area contributed by atoms with Gasteiger partial charge in [-0.1, -0.05) is 0 Å². The van der Waals surface area contributed by atoms with Gasteiger partial charge >= 0.3 is 5.97 Å². The summed E-state index contributed by atoms with van der Waals surface area (Å²) in [5, 5.41) is 17.9. The second kappa shape index (κ2) is 3.91. The number of fused-ring (bicyclic) bond motifs is 1. The Kier molecular flexibility index (Phi) is 2.34. The molecule has 3 aromatic rings. The molecule has 96 valence electrons. The van der Waals surface area contributed by atoms with Gasteiger partial charge in [0.05, 0.1) is 11.6 Å². The summed E-state index contributed by atoms with van der Waals surface area (Å²) in [5.74, 6) is -1.07. The maximum Gasteiger partial charge on any atom is 0.357 e. The van der Waals surface area contributed by atoms with E-state index >= 15 is 0 Å². The Hall–Kier alpha value is -2.70. The van der Waals surface area contributed by atoms with Crippen molar-refractivity contribution in [3.63, 3.8) is 0 Å². The third-order valence-electron chi connectivity index (χ3n) is 2.94. The molecule has 19 heavy (non-hydrogen) atoms. The van der Waals surface area contributed by atoms with Gasteiger partial charge in [-0.05, 0) is 11.6 Å². The molecule has 0 radical (unpaired) electrons. The van der Waals surface area contributed by atoms with Gasteiger partial charge in [-0.25, -0.2) is 14.5 Å². The minimum absolute atomic E-state index is 0.00412. The Balaban J connectivity index is 2.39. The highest BCUT2D eigenvalue weighted by Crippen LogP contribution is 2.29. The van der Waals surface area contributed by atoms with Crippen LogP contribution in [0.2, 0.25) is 0 Å². The predicted octanol–water partition coefficient (Wildman–Crippen LogP) is 1.07. The van der Waals surface area contributed by atoms with E-state index in [1.54, 1.807) is 30.2 Å². The number of rotatable bonds is 2. The van der Waals surface area contributed by atoms with E-state index in [1.807, 2.05) is 13.2 Å². The second-order valence-corrected chi connectivity index (χ2v) is 4.24. The molecule has 0 unspecified atom stereocenters. The molecule has 0 saturated heterocycles. The van der Waals surface area contributed by atoms with E-state index in [1.165, 1.54) is 4.68 Å². The van der Waals surface area contributed by atoms with Crippen molar-refractivity contribution in [2.24, 2.45) is 14.1 Å². The van der Waals surface area contributed by atoms with E-state index in [-0.39, 0.29) is 5.69 Å². The summed E-state index contributed by atoms with van der Waals surface area (Å²) < 4.78 is 3.14. The lowest BCUT2D eigenvalue weighted by Crippen LogP contribution is -1.99. The molecular weight excluding hydrogens is 246 g/mol. The first kappa shape index (κ1) is 11.4. The van der Waals surface area contributed by atoms with Gasteiger partial charge in [0.2, 0.25) is 0 Å². The SMILES string of the molecule is Cn1cc(-c2ccnc3c2c(C(=O)O)nn3C)cn1. The van der Waals surface area contributed by atoms with Gasteiger partial charge in [0.15, 0.2) is 11.3 Å². The molecular formula is C12H11N5O2. The zero-order valence-electron chi connectivity index (χ0n) is 10.4. The molecule has 7 heteroatoms. The van der Waals surface area contributed by atoms with Crippen molar-refractivity contribution in [2.75, 3.05) is 0 Å². The number of hydrogen-bond donors (Lipinski definition) is 1. The molecule has 1 N–H and O–H groups in total. The van der Waals surface area contributed by atoms with Crippen LogP contribution in [-0.2, 0) is 14.1 Å². The maximum absolute atomic E-state index is 11.3. The number of pyridine rings is 1. The molecule has 0 aliphatic heterocycles. The van der Waals surface area contributed by atoms with Gasteiger partial charge in [-0.15, -0.1) is 0 Å². The van der Waals surface area contributed by atoms with Crippen LogP contribution in [0.4, 0.5) is 0 Å². The molecule has 7 nitrogen and oxygen atoms in total. The van der Waals surface area contributed by atoms with Gasteiger partial charge in [0.1, 0.15) is 0 Å². The van der Waals surface area contributed by atoms with Crippen molar-refractivity contribution in [2.45, 2.75) is 0 Å². The third kappa shape index (κ3) is 1.67. The summed E-state index contributed by atoms with van der Waals surface area (Å²) >= 11 is 0. The molecule has 3 heterocycles. The van der Waals surface area contributed by atoms with Gasteiger partial charge in [0.25, 0.3) is 0 Å². The van der Waals surface area contributed by atoms with Gasteiger partial charge in [0, 0.05) is 32.1 Å². The number of carboxylic acid groups (broad SMARTS) is 1. The molecule has 0 aliphatic carbocycles. The fraction of sp³-hybridized carbons (Fsp3) is 0.167. The summed E-state index contributed by atoms with van der Waals surface area (Å²) in [6.45, 7) is 0. The monoisotopic (exact) mass is 257 g/mol. The third-order valence-corrected chi connectivity index (χ3v) is 2.94. The Morgan fingerprint density at radius 2 is 2.16 bits per heavy atom. The minimum atomic E-state index is -1.07. The van der Waals surface area contributed by atoms with Crippen LogP contribution in [0.1, 0.15) is 10.5 Å².